The predicted octanol–water partition coefficient (Wildman–Crippen LogP) is 3.60. The van der Waals surface area contributed by atoms with Gasteiger partial charge in [-0.3, -0.25) is 4.79 Å². The number of para-hydroxylation sites is 2. The highest BCUT2D eigenvalue weighted by molar-refractivity contribution is 5.76. The monoisotopic (exact) mass is 282 g/mol. The lowest BCUT2D eigenvalue weighted by molar-refractivity contribution is 0.111. The molecular weight excluding hydrogens is 267 g/mol. The van der Waals surface area contributed by atoms with Crippen LogP contribution in [-0.4, -0.2) is 15.8 Å². The van der Waals surface area contributed by atoms with Crippen LogP contribution in [0.25, 0.3) is 11.0 Å². The lowest BCUT2D eigenvalue weighted by atomic mass is 10.1. The van der Waals surface area contributed by atoms with Crippen molar-refractivity contribution in [3.63, 3.8) is 0 Å². The SMILES string of the molecule is CCn1c(Cc2ccc(F)c(C=O)c2)nc2ccccc21. The Balaban J connectivity index is 2.03. The van der Waals surface area contributed by atoms with Gasteiger partial charge in [0.1, 0.15) is 11.6 Å². The third kappa shape index (κ3) is 2.44. The molecule has 3 rings (SSSR count). The van der Waals surface area contributed by atoms with Crippen LogP contribution in [-0.2, 0) is 13.0 Å². The van der Waals surface area contributed by atoms with Crippen molar-refractivity contribution in [2.45, 2.75) is 19.9 Å². The maximum absolute atomic E-state index is 13.4. The van der Waals surface area contributed by atoms with Crippen LogP contribution in [0.3, 0.4) is 0 Å². The second-order valence-electron chi connectivity index (χ2n) is 4.91. The number of benzene rings is 2. The van der Waals surface area contributed by atoms with Crippen LogP contribution in [0.15, 0.2) is 42.5 Å². The van der Waals surface area contributed by atoms with Gasteiger partial charge in [0.2, 0.25) is 0 Å². The Morgan fingerprint density at radius 2 is 2.05 bits per heavy atom. The molecule has 0 aliphatic heterocycles. The van der Waals surface area contributed by atoms with Crippen LogP contribution in [0.2, 0.25) is 0 Å². The third-order valence-electron chi connectivity index (χ3n) is 3.60. The van der Waals surface area contributed by atoms with Crippen LogP contribution in [0.5, 0.6) is 0 Å². The molecule has 0 amide bonds. The molecule has 0 bridgehead atoms. The molecule has 0 radical (unpaired) electrons. The number of imidazole rings is 1. The lowest BCUT2D eigenvalue weighted by Gasteiger charge is -2.07. The molecule has 0 atom stereocenters. The Labute approximate surface area is 122 Å². The molecule has 0 saturated heterocycles. The van der Waals surface area contributed by atoms with Gasteiger partial charge in [0, 0.05) is 13.0 Å². The van der Waals surface area contributed by atoms with Gasteiger partial charge >= 0.3 is 0 Å². The third-order valence-corrected chi connectivity index (χ3v) is 3.60. The van der Waals surface area contributed by atoms with E-state index in [0.717, 1.165) is 29.0 Å². The summed E-state index contributed by atoms with van der Waals surface area (Å²) < 4.78 is 15.5. The summed E-state index contributed by atoms with van der Waals surface area (Å²) in [7, 11) is 0. The normalized spacial score (nSPS) is 11.0. The van der Waals surface area contributed by atoms with Gasteiger partial charge in [-0.1, -0.05) is 18.2 Å². The molecule has 2 aromatic carbocycles. The number of carbonyl (C=O) groups is 1. The van der Waals surface area contributed by atoms with Crippen LogP contribution in [0.1, 0.15) is 28.7 Å². The minimum absolute atomic E-state index is 0.0895. The highest BCUT2D eigenvalue weighted by Gasteiger charge is 2.11. The molecule has 0 aliphatic rings. The fourth-order valence-corrected chi connectivity index (χ4v) is 2.59. The number of fused-ring (bicyclic) bond motifs is 1. The van der Waals surface area contributed by atoms with Crippen molar-refractivity contribution in [1.82, 2.24) is 9.55 Å². The molecule has 3 nitrogen and oxygen atoms in total. The number of hydrogen-bond acceptors (Lipinski definition) is 2. The van der Waals surface area contributed by atoms with E-state index in [1.54, 1.807) is 12.1 Å². The smallest absolute Gasteiger partial charge is 0.153 e. The molecule has 1 heterocycles. The Kier molecular flexibility index (Phi) is 3.52. The second kappa shape index (κ2) is 5.48. The Bertz CT molecular complexity index is 808. The molecule has 1 aromatic heterocycles. The van der Waals surface area contributed by atoms with E-state index in [9.17, 15) is 9.18 Å². The number of aldehydes is 1. The molecule has 0 unspecified atom stereocenters. The van der Waals surface area contributed by atoms with E-state index in [-0.39, 0.29) is 5.56 Å². The number of aromatic nitrogens is 2. The van der Waals surface area contributed by atoms with E-state index >= 15 is 0 Å². The Morgan fingerprint density at radius 3 is 2.81 bits per heavy atom. The molecule has 0 aliphatic carbocycles. The Morgan fingerprint density at radius 1 is 1.24 bits per heavy atom. The van der Waals surface area contributed by atoms with Crippen molar-refractivity contribution in [3.8, 4) is 0 Å². The summed E-state index contributed by atoms with van der Waals surface area (Å²) in [6.45, 7) is 2.89. The van der Waals surface area contributed by atoms with Crippen molar-refractivity contribution in [2.24, 2.45) is 0 Å². The summed E-state index contributed by atoms with van der Waals surface area (Å²) in [5.74, 6) is 0.430. The first-order valence-electron chi connectivity index (χ1n) is 6.90. The summed E-state index contributed by atoms with van der Waals surface area (Å²) in [5, 5.41) is 0. The number of nitrogens with zero attached hydrogens (tertiary/aromatic N) is 2. The maximum atomic E-state index is 13.4. The van der Waals surface area contributed by atoms with Gasteiger partial charge in [0.05, 0.1) is 16.6 Å². The highest BCUT2D eigenvalue weighted by atomic mass is 19.1. The lowest BCUT2D eigenvalue weighted by Crippen LogP contribution is -2.03. The molecular formula is C17H15FN2O. The zero-order valence-corrected chi connectivity index (χ0v) is 11.7. The summed E-state index contributed by atoms with van der Waals surface area (Å²) in [4.78, 5) is 15.5. The van der Waals surface area contributed by atoms with Crippen molar-refractivity contribution in [2.75, 3.05) is 0 Å². The van der Waals surface area contributed by atoms with Crippen molar-refractivity contribution in [3.05, 3.63) is 65.2 Å². The number of rotatable bonds is 4. The highest BCUT2D eigenvalue weighted by Crippen LogP contribution is 2.19. The average Bonchev–Trinajstić information content (AvgIpc) is 2.86. The summed E-state index contributed by atoms with van der Waals surface area (Å²) in [6, 6.07) is 12.6. The van der Waals surface area contributed by atoms with Gasteiger partial charge in [-0.05, 0) is 36.8 Å². The molecule has 3 aromatic rings. The zero-order valence-electron chi connectivity index (χ0n) is 11.7. The first kappa shape index (κ1) is 13.5. The van der Waals surface area contributed by atoms with Crippen molar-refractivity contribution < 1.29 is 9.18 Å². The number of hydrogen-bond donors (Lipinski definition) is 0. The minimum atomic E-state index is -0.488. The van der Waals surface area contributed by atoms with Crippen LogP contribution < -0.4 is 0 Å². The molecule has 21 heavy (non-hydrogen) atoms. The van der Waals surface area contributed by atoms with E-state index in [2.05, 4.69) is 16.5 Å². The van der Waals surface area contributed by atoms with Crippen LogP contribution in [0.4, 0.5) is 4.39 Å². The van der Waals surface area contributed by atoms with Crippen molar-refractivity contribution >= 4 is 17.3 Å². The molecule has 0 N–H and O–H groups in total. The van der Waals surface area contributed by atoms with Gasteiger partial charge in [0.25, 0.3) is 0 Å². The van der Waals surface area contributed by atoms with Crippen LogP contribution in [0, 0.1) is 5.82 Å². The number of halogens is 1. The molecule has 0 fully saturated rings. The fraction of sp³-hybridized carbons (Fsp3) is 0.176. The van der Waals surface area contributed by atoms with Gasteiger partial charge in [-0.25, -0.2) is 9.37 Å². The topological polar surface area (TPSA) is 34.9 Å². The van der Waals surface area contributed by atoms with E-state index in [4.69, 9.17) is 0 Å². The van der Waals surface area contributed by atoms with Crippen molar-refractivity contribution in [1.29, 1.82) is 0 Å². The first-order valence-corrected chi connectivity index (χ1v) is 6.90. The number of carbonyl (C=O) groups excluding carboxylic acids is 1. The van der Waals surface area contributed by atoms with Gasteiger partial charge in [-0.15, -0.1) is 0 Å². The van der Waals surface area contributed by atoms with Crippen LogP contribution >= 0.6 is 0 Å². The molecule has 0 saturated carbocycles. The minimum Gasteiger partial charge on any atom is -0.328 e. The molecule has 0 spiro atoms. The number of aryl methyl sites for hydroxylation is 1. The first-order chi connectivity index (χ1) is 10.2. The molecule has 4 heteroatoms. The zero-order chi connectivity index (χ0) is 14.8. The summed E-state index contributed by atoms with van der Waals surface area (Å²) >= 11 is 0. The van der Waals surface area contributed by atoms with E-state index in [1.165, 1.54) is 6.07 Å². The predicted molar refractivity (Wildman–Crippen MR) is 80.0 cm³/mol. The van der Waals surface area contributed by atoms with E-state index < -0.39 is 5.82 Å². The van der Waals surface area contributed by atoms with E-state index in [0.29, 0.717) is 12.7 Å². The average molecular weight is 282 g/mol. The van der Waals surface area contributed by atoms with Gasteiger partial charge < -0.3 is 4.57 Å². The van der Waals surface area contributed by atoms with Gasteiger partial charge in [-0.2, -0.15) is 0 Å². The quantitative estimate of drug-likeness (QED) is 0.685. The van der Waals surface area contributed by atoms with E-state index in [1.807, 2.05) is 24.3 Å². The summed E-state index contributed by atoms with van der Waals surface area (Å²) in [5.41, 5.74) is 3.01. The largest absolute Gasteiger partial charge is 0.328 e. The molecule has 106 valence electrons. The fourth-order valence-electron chi connectivity index (χ4n) is 2.59. The summed E-state index contributed by atoms with van der Waals surface area (Å²) in [6.07, 6.45) is 1.12. The maximum Gasteiger partial charge on any atom is 0.153 e. The standard InChI is InChI=1S/C17H15FN2O/c1-2-20-16-6-4-3-5-15(16)19-17(20)10-12-7-8-14(18)13(9-12)11-21/h3-9,11H,2,10H2,1H3. The van der Waals surface area contributed by atoms with Gasteiger partial charge in [0.15, 0.2) is 6.29 Å². The second-order valence-corrected chi connectivity index (χ2v) is 4.91. The Hall–Kier alpha value is -2.49.